The van der Waals surface area contributed by atoms with E-state index < -0.39 is 5.82 Å². The van der Waals surface area contributed by atoms with E-state index in [0.29, 0.717) is 27.9 Å². The van der Waals surface area contributed by atoms with E-state index in [1.165, 1.54) is 18.5 Å². The Morgan fingerprint density at radius 3 is 2.73 bits per heavy atom. The van der Waals surface area contributed by atoms with Gasteiger partial charge in [0.25, 0.3) is 0 Å². The minimum Gasteiger partial charge on any atom is -0.383 e. The summed E-state index contributed by atoms with van der Waals surface area (Å²) in [5.41, 5.74) is 7.81. The molecule has 4 aromatic rings. The molecular weight excluding hydrogens is 289 g/mol. The molecule has 0 bridgehead atoms. The number of fused-ring (bicyclic) bond motifs is 1. The third-order valence-electron chi connectivity index (χ3n) is 3.17. The molecule has 0 fully saturated rings. The molecule has 4 rings (SSSR count). The van der Waals surface area contributed by atoms with Crippen LogP contribution in [0.2, 0.25) is 0 Å². The third kappa shape index (κ3) is 1.85. The average molecular weight is 297 g/mol. The number of anilines is 1. The van der Waals surface area contributed by atoms with Crippen molar-refractivity contribution in [1.82, 2.24) is 40.8 Å². The molecule has 3 aromatic heterocycles. The number of nitrogen functional groups attached to an aromatic ring is 1. The van der Waals surface area contributed by atoms with E-state index in [0.717, 1.165) is 0 Å². The summed E-state index contributed by atoms with van der Waals surface area (Å²) in [6.07, 6.45) is 1.32. The van der Waals surface area contributed by atoms with Crippen LogP contribution >= 0.6 is 0 Å². The fraction of sp³-hybridized carbons (Fsp3) is 0. The highest BCUT2D eigenvalue weighted by molar-refractivity contribution is 5.98. The Morgan fingerprint density at radius 2 is 1.91 bits per heavy atom. The van der Waals surface area contributed by atoms with E-state index in [4.69, 9.17) is 5.73 Å². The van der Waals surface area contributed by atoms with Crippen molar-refractivity contribution in [3.05, 3.63) is 30.3 Å². The maximum atomic E-state index is 13.9. The number of aromatic nitrogens is 8. The molecule has 0 amide bonds. The summed E-state index contributed by atoms with van der Waals surface area (Å²) < 4.78 is 13.9. The van der Waals surface area contributed by atoms with Crippen LogP contribution in [0, 0.1) is 5.82 Å². The molecule has 9 nitrogen and oxygen atoms in total. The number of rotatable bonds is 2. The van der Waals surface area contributed by atoms with Gasteiger partial charge < -0.3 is 5.73 Å². The molecule has 0 spiro atoms. The molecule has 0 aliphatic rings. The molecule has 10 heteroatoms. The van der Waals surface area contributed by atoms with E-state index in [1.807, 2.05) is 0 Å². The zero-order valence-electron chi connectivity index (χ0n) is 10.9. The van der Waals surface area contributed by atoms with Crippen LogP contribution in [-0.2, 0) is 0 Å². The molecule has 3 heterocycles. The van der Waals surface area contributed by atoms with Crippen molar-refractivity contribution < 1.29 is 4.39 Å². The maximum absolute atomic E-state index is 13.9. The van der Waals surface area contributed by atoms with Crippen molar-refractivity contribution in [1.29, 1.82) is 0 Å². The molecule has 0 saturated heterocycles. The quantitative estimate of drug-likeness (QED) is 0.500. The lowest BCUT2D eigenvalue weighted by atomic mass is 10.1. The highest BCUT2D eigenvalue weighted by atomic mass is 19.1. The second-order valence-electron chi connectivity index (χ2n) is 4.52. The predicted molar refractivity (Wildman–Crippen MR) is 74.7 cm³/mol. The number of hydrogen-bond donors (Lipinski definition) is 3. The smallest absolute Gasteiger partial charge is 0.204 e. The first kappa shape index (κ1) is 12.3. The van der Waals surface area contributed by atoms with Crippen molar-refractivity contribution in [3.8, 4) is 22.6 Å². The highest BCUT2D eigenvalue weighted by Crippen LogP contribution is 2.31. The van der Waals surface area contributed by atoms with Gasteiger partial charge in [0.15, 0.2) is 5.65 Å². The fourth-order valence-corrected chi connectivity index (χ4v) is 2.23. The largest absolute Gasteiger partial charge is 0.383 e. The minimum atomic E-state index is -0.449. The van der Waals surface area contributed by atoms with Crippen LogP contribution in [0.1, 0.15) is 0 Å². The van der Waals surface area contributed by atoms with Gasteiger partial charge in [-0.05, 0) is 23.4 Å². The molecule has 0 radical (unpaired) electrons. The molecule has 4 N–H and O–H groups in total. The van der Waals surface area contributed by atoms with Crippen molar-refractivity contribution in [3.63, 3.8) is 0 Å². The van der Waals surface area contributed by atoms with Crippen LogP contribution in [-0.4, -0.2) is 40.8 Å². The van der Waals surface area contributed by atoms with E-state index in [9.17, 15) is 4.39 Å². The van der Waals surface area contributed by atoms with Gasteiger partial charge in [-0.2, -0.15) is 10.3 Å². The maximum Gasteiger partial charge on any atom is 0.204 e. The van der Waals surface area contributed by atoms with Gasteiger partial charge in [-0.25, -0.2) is 14.4 Å². The van der Waals surface area contributed by atoms with Gasteiger partial charge in [0.1, 0.15) is 18.0 Å². The van der Waals surface area contributed by atoms with E-state index >= 15 is 0 Å². The molecule has 0 aliphatic heterocycles. The number of tetrazole rings is 1. The average Bonchev–Trinajstić information content (AvgIpc) is 3.17. The summed E-state index contributed by atoms with van der Waals surface area (Å²) in [6, 6.07) is 4.36. The van der Waals surface area contributed by atoms with Crippen LogP contribution in [0.5, 0.6) is 0 Å². The lowest BCUT2D eigenvalue weighted by molar-refractivity contribution is 0.628. The second-order valence-corrected chi connectivity index (χ2v) is 4.52. The normalized spacial score (nSPS) is 11.1. The number of nitrogens with one attached hydrogen (secondary N) is 2. The van der Waals surface area contributed by atoms with Gasteiger partial charge in [0.2, 0.25) is 5.82 Å². The first-order chi connectivity index (χ1) is 10.7. The molecule has 1 aromatic carbocycles. The van der Waals surface area contributed by atoms with E-state index in [-0.39, 0.29) is 11.6 Å². The molecule has 108 valence electrons. The Kier molecular flexibility index (Phi) is 2.55. The van der Waals surface area contributed by atoms with Gasteiger partial charge >= 0.3 is 0 Å². The summed E-state index contributed by atoms with van der Waals surface area (Å²) in [5, 5.41) is 20.9. The Bertz CT molecular complexity index is 960. The van der Waals surface area contributed by atoms with Gasteiger partial charge in [0, 0.05) is 11.1 Å². The topological polar surface area (TPSA) is 135 Å². The highest BCUT2D eigenvalue weighted by Gasteiger charge is 2.15. The predicted octanol–water partition coefficient (Wildman–Crippen LogP) is 0.921. The van der Waals surface area contributed by atoms with Gasteiger partial charge in [0.05, 0.1) is 11.1 Å². The number of benzene rings is 1. The summed E-state index contributed by atoms with van der Waals surface area (Å²) in [7, 11) is 0. The summed E-state index contributed by atoms with van der Waals surface area (Å²) in [5.74, 6) is 0.100. The number of aromatic amines is 2. The second kappa shape index (κ2) is 4.55. The first-order valence-electron chi connectivity index (χ1n) is 6.21. The molecule has 22 heavy (non-hydrogen) atoms. The third-order valence-corrected chi connectivity index (χ3v) is 3.17. The van der Waals surface area contributed by atoms with E-state index in [2.05, 4.69) is 40.8 Å². The molecular formula is C12H8FN9. The monoisotopic (exact) mass is 297 g/mol. The zero-order valence-corrected chi connectivity index (χ0v) is 10.9. The number of nitrogens with two attached hydrogens (primary N) is 1. The number of hydrogen-bond acceptors (Lipinski definition) is 7. The van der Waals surface area contributed by atoms with Crippen LogP contribution in [0.3, 0.4) is 0 Å². The zero-order chi connectivity index (χ0) is 15.1. The fourth-order valence-electron chi connectivity index (χ4n) is 2.23. The Hall–Kier alpha value is -3.43. The minimum absolute atomic E-state index is 0.263. The lowest BCUT2D eigenvalue weighted by Gasteiger charge is -2.03. The van der Waals surface area contributed by atoms with Gasteiger partial charge in [-0.15, -0.1) is 10.2 Å². The van der Waals surface area contributed by atoms with Crippen molar-refractivity contribution >= 4 is 16.9 Å². The first-order valence-corrected chi connectivity index (χ1v) is 6.21. The molecule has 0 aliphatic carbocycles. The summed E-state index contributed by atoms with van der Waals surface area (Å²) >= 11 is 0. The van der Waals surface area contributed by atoms with Crippen LogP contribution in [0.15, 0.2) is 24.5 Å². The molecule has 0 atom stereocenters. The number of H-pyrrole nitrogens is 2. The molecule has 0 unspecified atom stereocenters. The summed E-state index contributed by atoms with van der Waals surface area (Å²) in [6.45, 7) is 0. The van der Waals surface area contributed by atoms with Crippen LogP contribution in [0.25, 0.3) is 33.7 Å². The SMILES string of the molecule is Nc1ncnc2n[nH]c(-c3cc(F)cc(-c4nn[nH]n4)c3)c12. The van der Waals surface area contributed by atoms with Crippen molar-refractivity contribution in [2.45, 2.75) is 0 Å². The Balaban J connectivity index is 1.95. The lowest BCUT2D eigenvalue weighted by Crippen LogP contribution is -1.93. The van der Waals surface area contributed by atoms with Gasteiger partial charge in [-0.1, -0.05) is 0 Å². The van der Waals surface area contributed by atoms with E-state index in [1.54, 1.807) is 6.07 Å². The van der Waals surface area contributed by atoms with Crippen LogP contribution in [0.4, 0.5) is 10.2 Å². The number of nitrogens with zero attached hydrogens (tertiary/aromatic N) is 6. The number of halogens is 1. The summed E-state index contributed by atoms with van der Waals surface area (Å²) in [4.78, 5) is 7.95. The van der Waals surface area contributed by atoms with Crippen molar-refractivity contribution in [2.24, 2.45) is 0 Å². The van der Waals surface area contributed by atoms with Crippen molar-refractivity contribution in [2.75, 3.05) is 5.73 Å². The van der Waals surface area contributed by atoms with Crippen LogP contribution < -0.4 is 5.73 Å². The Labute approximate surface area is 121 Å². The van der Waals surface area contributed by atoms with Gasteiger partial charge in [-0.3, -0.25) is 5.10 Å². The standard InChI is InChI=1S/C12H8FN9/c13-7-2-5(1-6(3-7)11-19-21-22-20-11)9-8-10(14)15-4-16-12(8)18-17-9/h1-4H,(H,19,20,21,22)(H3,14,15,16,17,18). The Morgan fingerprint density at radius 1 is 1.05 bits per heavy atom. The molecule has 0 saturated carbocycles.